The molecule has 2 unspecified atom stereocenters. The third-order valence-electron chi connectivity index (χ3n) is 3.94. The number of rotatable bonds is 8. The molecule has 0 heterocycles. The largest absolute Gasteiger partial charge is 0.481 e. The van der Waals surface area contributed by atoms with Gasteiger partial charge < -0.3 is 10.2 Å². The van der Waals surface area contributed by atoms with Crippen LogP contribution >= 0.6 is 15.9 Å². The first kappa shape index (κ1) is 18.4. The average molecular weight is 371 g/mol. The van der Waals surface area contributed by atoms with E-state index in [1.807, 2.05) is 0 Å². The van der Waals surface area contributed by atoms with Gasteiger partial charge in [0.1, 0.15) is 0 Å². The Kier molecular flexibility index (Phi) is 6.29. The summed E-state index contributed by atoms with van der Waals surface area (Å²) in [5, 5.41) is 18.8. The molecule has 0 bridgehead atoms. The number of halogens is 1. The van der Waals surface area contributed by atoms with Gasteiger partial charge in [-0.05, 0) is 18.6 Å². The van der Waals surface area contributed by atoms with E-state index in [1.165, 1.54) is 6.92 Å². The van der Waals surface area contributed by atoms with Crippen LogP contribution in [-0.2, 0) is 9.59 Å². The molecule has 0 amide bonds. The summed E-state index contributed by atoms with van der Waals surface area (Å²) < 4.78 is 0.709. The molecule has 6 heteroatoms. The van der Waals surface area contributed by atoms with E-state index >= 15 is 0 Å². The molecule has 1 rings (SSSR count). The Morgan fingerprint density at radius 3 is 2.36 bits per heavy atom. The van der Waals surface area contributed by atoms with Gasteiger partial charge in [0.05, 0.1) is 11.3 Å². The highest BCUT2D eigenvalue weighted by Crippen LogP contribution is 2.38. The fourth-order valence-electron chi connectivity index (χ4n) is 2.56. The van der Waals surface area contributed by atoms with Gasteiger partial charge in [0.2, 0.25) is 0 Å². The SMILES string of the molecule is CCCC(CC(=O)c1cccc(Br)c1)(C(=O)O)C(C)C(=O)O. The monoisotopic (exact) mass is 370 g/mol. The zero-order valence-corrected chi connectivity index (χ0v) is 14.1. The summed E-state index contributed by atoms with van der Waals surface area (Å²) in [6.45, 7) is 3.12. The van der Waals surface area contributed by atoms with Crippen molar-refractivity contribution in [2.75, 3.05) is 0 Å². The molecule has 5 nitrogen and oxygen atoms in total. The highest BCUT2D eigenvalue weighted by atomic mass is 79.9. The molecule has 120 valence electrons. The topological polar surface area (TPSA) is 91.7 Å². The van der Waals surface area contributed by atoms with E-state index < -0.39 is 23.3 Å². The van der Waals surface area contributed by atoms with E-state index in [0.717, 1.165) is 0 Å². The zero-order valence-electron chi connectivity index (χ0n) is 12.5. The molecular formula is C16H19BrO5. The molecular weight excluding hydrogens is 352 g/mol. The molecule has 1 aromatic rings. The van der Waals surface area contributed by atoms with Crippen molar-refractivity contribution in [3.05, 3.63) is 34.3 Å². The fourth-order valence-corrected chi connectivity index (χ4v) is 2.96. The molecule has 2 atom stereocenters. The number of carboxylic acids is 2. The van der Waals surface area contributed by atoms with Gasteiger partial charge in [-0.3, -0.25) is 14.4 Å². The fraction of sp³-hybridized carbons (Fsp3) is 0.438. The standard InChI is InChI=1S/C16H19BrO5/c1-3-7-16(15(21)22,10(2)14(19)20)9-13(18)11-5-4-6-12(17)8-11/h4-6,8,10H,3,7,9H2,1-2H3,(H,19,20)(H,21,22). The summed E-state index contributed by atoms with van der Waals surface area (Å²) in [6, 6.07) is 6.64. The van der Waals surface area contributed by atoms with Crippen molar-refractivity contribution < 1.29 is 24.6 Å². The maximum absolute atomic E-state index is 12.4. The normalized spacial score (nSPS) is 14.9. The highest BCUT2D eigenvalue weighted by molar-refractivity contribution is 9.10. The van der Waals surface area contributed by atoms with Gasteiger partial charge in [-0.15, -0.1) is 0 Å². The van der Waals surface area contributed by atoms with E-state index in [1.54, 1.807) is 31.2 Å². The molecule has 0 aliphatic rings. The number of carbonyl (C=O) groups is 3. The van der Waals surface area contributed by atoms with Gasteiger partial charge >= 0.3 is 11.9 Å². The quantitative estimate of drug-likeness (QED) is 0.681. The van der Waals surface area contributed by atoms with Crippen molar-refractivity contribution in [3.8, 4) is 0 Å². The summed E-state index contributed by atoms with van der Waals surface area (Å²) >= 11 is 3.26. The molecule has 0 fully saturated rings. The third-order valence-corrected chi connectivity index (χ3v) is 4.44. The lowest BCUT2D eigenvalue weighted by atomic mass is 9.69. The second-order valence-corrected chi connectivity index (χ2v) is 6.30. The predicted octanol–water partition coefficient (Wildman–Crippen LogP) is 3.61. The first-order chi connectivity index (χ1) is 10.2. The van der Waals surface area contributed by atoms with Crippen LogP contribution < -0.4 is 0 Å². The average Bonchev–Trinajstić information content (AvgIpc) is 2.45. The van der Waals surface area contributed by atoms with Gasteiger partial charge in [0, 0.05) is 16.5 Å². The number of carbonyl (C=O) groups excluding carboxylic acids is 1. The van der Waals surface area contributed by atoms with Crippen molar-refractivity contribution in [1.29, 1.82) is 0 Å². The Morgan fingerprint density at radius 1 is 1.27 bits per heavy atom. The highest BCUT2D eigenvalue weighted by Gasteiger charge is 2.48. The van der Waals surface area contributed by atoms with E-state index in [-0.39, 0.29) is 18.6 Å². The van der Waals surface area contributed by atoms with Crippen LogP contribution in [0.5, 0.6) is 0 Å². The summed E-state index contributed by atoms with van der Waals surface area (Å²) in [5.74, 6) is -3.98. The zero-order chi connectivity index (χ0) is 16.9. The van der Waals surface area contributed by atoms with Gasteiger partial charge in [0.25, 0.3) is 0 Å². The predicted molar refractivity (Wildman–Crippen MR) is 84.9 cm³/mol. The van der Waals surface area contributed by atoms with Crippen molar-refractivity contribution >= 4 is 33.7 Å². The molecule has 0 radical (unpaired) electrons. The second kappa shape index (κ2) is 7.54. The van der Waals surface area contributed by atoms with Gasteiger partial charge in [-0.2, -0.15) is 0 Å². The summed E-state index contributed by atoms with van der Waals surface area (Å²) in [6.07, 6.45) is 0.283. The summed E-state index contributed by atoms with van der Waals surface area (Å²) in [7, 11) is 0. The lowest BCUT2D eigenvalue weighted by molar-refractivity contribution is -0.162. The van der Waals surface area contributed by atoms with Crippen molar-refractivity contribution in [2.45, 2.75) is 33.1 Å². The van der Waals surface area contributed by atoms with Crippen LogP contribution in [-0.4, -0.2) is 27.9 Å². The molecule has 0 aliphatic carbocycles. The minimum absolute atomic E-state index is 0.134. The van der Waals surface area contributed by atoms with Crippen LogP contribution in [0.2, 0.25) is 0 Å². The molecule has 0 saturated carbocycles. The minimum atomic E-state index is -1.60. The van der Waals surface area contributed by atoms with Gasteiger partial charge in [-0.25, -0.2) is 0 Å². The lowest BCUT2D eigenvalue weighted by Gasteiger charge is -2.32. The van der Waals surface area contributed by atoms with Crippen LogP contribution in [0, 0.1) is 11.3 Å². The maximum Gasteiger partial charge on any atom is 0.310 e. The lowest BCUT2D eigenvalue weighted by Crippen LogP contribution is -2.43. The number of aliphatic carboxylic acids is 2. The Bertz CT molecular complexity index is 584. The Labute approximate surface area is 137 Å². The van der Waals surface area contributed by atoms with Crippen LogP contribution in [0.25, 0.3) is 0 Å². The maximum atomic E-state index is 12.4. The summed E-state index contributed by atoms with van der Waals surface area (Å²) in [4.78, 5) is 35.5. The Morgan fingerprint density at radius 2 is 1.91 bits per heavy atom. The number of hydrogen-bond acceptors (Lipinski definition) is 3. The number of hydrogen-bond donors (Lipinski definition) is 2. The van der Waals surface area contributed by atoms with E-state index in [2.05, 4.69) is 15.9 Å². The Hall–Kier alpha value is -1.69. The van der Waals surface area contributed by atoms with E-state index in [4.69, 9.17) is 0 Å². The number of carboxylic acid groups (broad SMARTS) is 2. The Balaban J connectivity index is 3.19. The van der Waals surface area contributed by atoms with Crippen LogP contribution in [0.15, 0.2) is 28.7 Å². The molecule has 22 heavy (non-hydrogen) atoms. The number of ketones is 1. The number of benzene rings is 1. The summed E-state index contributed by atoms with van der Waals surface area (Å²) in [5.41, 5.74) is -1.23. The van der Waals surface area contributed by atoms with Gasteiger partial charge in [0.15, 0.2) is 5.78 Å². The first-order valence-electron chi connectivity index (χ1n) is 6.99. The van der Waals surface area contributed by atoms with Gasteiger partial charge in [-0.1, -0.05) is 48.3 Å². The first-order valence-corrected chi connectivity index (χ1v) is 7.79. The molecule has 0 spiro atoms. The minimum Gasteiger partial charge on any atom is -0.481 e. The van der Waals surface area contributed by atoms with Crippen molar-refractivity contribution in [2.24, 2.45) is 11.3 Å². The molecule has 1 aromatic carbocycles. The molecule has 0 aliphatic heterocycles. The second-order valence-electron chi connectivity index (χ2n) is 5.38. The van der Waals surface area contributed by atoms with E-state index in [9.17, 15) is 24.6 Å². The van der Waals surface area contributed by atoms with E-state index in [0.29, 0.717) is 16.5 Å². The van der Waals surface area contributed by atoms with Crippen LogP contribution in [0.1, 0.15) is 43.5 Å². The van der Waals surface area contributed by atoms with Crippen LogP contribution in [0.4, 0.5) is 0 Å². The van der Waals surface area contributed by atoms with Crippen LogP contribution in [0.3, 0.4) is 0 Å². The third kappa shape index (κ3) is 3.94. The number of Topliss-reactive ketones (excluding diaryl/α,β-unsaturated/α-hetero) is 1. The van der Waals surface area contributed by atoms with Crippen molar-refractivity contribution in [3.63, 3.8) is 0 Å². The molecule has 0 aromatic heterocycles. The van der Waals surface area contributed by atoms with Crippen molar-refractivity contribution in [1.82, 2.24) is 0 Å². The smallest absolute Gasteiger partial charge is 0.310 e. The molecule has 0 saturated heterocycles. The molecule has 2 N–H and O–H groups in total.